The second-order valence-electron chi connectivity index (χ2n) is 1.95. The Balaban J connectivity index is 3.29. The topological polar surface area (TPSA) is 17.1 Å². The fraction of sp³-hybridized carbons (Fsp3) is 0. The molecule has 11 heavy (non-hydrogen) atoms. The van der Waals surface area contributed by atoms with Crippen molar-refractivity contribution in [3.8, 4) is 0 Å². The molecule has 0 aliphatic carbocycles. The Morgan fingerprint density at radius 2 is 1.64 bits per heavy atom. The van der Waals surface area contributed by atoms with Gasteiger partial charge in [-0.2, -0.15) is 5.87 Å². The van der Waals surface area contributed by atoms with E-state index in [1.165, 1.54) is 0 Å². The highest BCUT2D eigenvalue weighted by molar-refractivity contribution is 7.82. The van der Waals surface area contributed by atoms with Crippen molar-refractivity contribution in [3.63, 3.8) is 0 Å². The summed E-state index contributed by atoms with van der Waals surface area (Å²) in [4.78, 5) is 0.0579. The third kappa shape index (κ3) is 2.01. The molecule has 0 spiro atoms. The van der Waals surface area contributed by atoms with Gasteiger partial charge in [-0.05, 0) is 12.1 Å². The molecule has 0 aliphatic heterocycles. The normalized spacial score (nSPS) is 10.5. The van der Waals surface area contributed by atoms with E-state index in [1.807, 2.05) is 0 Å². The third-order valence-electron chi connectivity index (χ3n) is 1.10. The minimum Gasteiger partial charge on any atom is -0.457 e. The van der Waals surface area contributed by atoms with Crippen LogP contribution in [0.1, 0.15) is 0 Å². The molecule has 0 saturated carbocycles. The van der Waals surface area contributed by atoms with E-state index in [-0.39, 0.29) is 4.90 Å². The maximum Gasteiger partial charge on any atom is 0.124 e. The first-order valence-corrected chi connectivity index (χ1v) is 4.09. The molecule has 0 bridgehead atoms. The van der Waals surface area contributed by atoms with E-state index in [4.69, 9.17) is 0 Å². The Morgan fingerprint density at radius 3 is 2.00 bits per heavy atom. The van der Waals surface area contributed by atoms with Gasteiger partial charge in [0.2, 0.25) is 0 Å². The van der Waals surface area contributed by atoms with Crippen LogP contribution in [0.3, 0.4) is 0 Å². The van der Waals surface area contributed by atoms with E-state index >= 15 is 0 Å². The van der Waals surface area contributed by atoms with Gasteiger partial charge in [0.05, 0.1) is 0 Å². The molecule has 0 atom stereocenters. The molecule has 0 fully saturated rings. The van der Waals surface area contributed by atoms with Crippen molar-refractivity contribution in [3.05, 3.63) is 29.8 Å². The summed E-state index contributed by atoms with van der Waals surface area (Å²) >= 11 is 0. The average molecular weight is 175 g/mol. The Labute approximate surface area is 64.7 Å². The van der Waals surface area contributed by atoms with Crippen LogP contribution in [0.4, 0.5) is 8.78 Å². The minimum atomic E-state index is -1.58. The maximum atomic E-state index is 12.4. The summed E-state index contributed by atoms with van der Waals surface area (Å²) in [5, 5.41) is 0. The second-order valence-corrected chi connectivity index (χ2v) is 3.11. The van der Waals surface area contributed by atoms with Crippen molar-refractivity contribution < 1.29 is 13.0 Å². The van der Waals surface area contributed by atoms with Crippen LogP contribution in [0.25, 0.3) is 0 Å². The molecule has 0 N–H and O–H groups in total. The zero-order valence-electron chi connectivity index (χ0n) is 5.51. The van der Waals surface area contributed by atoms with Crippen molar-refractivity contribution in [2.45, 2.75) is 4.90 Å². The molecular formula is C7H5F2OS-. The Hall–Kier alpha value is -0.900. The van der Waals surface area contributed by atoms with E-state index in [0.29, 0.717) is 0 Å². The molecule has 0 radical (unpaired) electrons. The molecule has 60 valence electrons. The molecule has 1 nitrogen and oxygen atoms in total. The third-order valence-corrected chi connectivity index (χ3v) is 1.86. The molecule has 0 heterocycles. The van der Waals surface area contributed by atoms with Crippen LogP contribution in [-0.4, -0.2) is 5.87 Å². The van der Waals surface area contributed by atoms with Gasteiger partial charge in [0.1, 0.15) is 11.6 Å². The van der Waals surface area contributed by atoms with E-state index in [2.05, 4.69) is 5.87 Å². The van der Waals surface area contributed by atoms with Gasteiger partial charge in [0.15, 0.2) is 0 Å². The zero-order valence-corrected chi connectivity index (χ0v) is 6.33. The van der Waals surface area contributed by atoms with Gasteiger partial charge in [-0.15, -0.1) is 4.90 Å². The highest BCUT2D eigenvalue weighted by atomic mass is 32.2. The maximum absolute atomic E-state index is 12.4. The van der Waals surface area contributed by atoms with Gasteiger partial charge in [0.25, 0.3) is 0 Å². The molecule has 0 unspecified atom stereocenters. The van der Waals surface area contributed by atoms with Gasteiger partial charge < -0.3 is 4.21 Å². The fourth-order valence-corrected chi connectivity index (χ4v) is 1.15. The number of hydrogen-bond donors (Lipinski definition) is 0. The van der Waals surface area contributed by atoms with E-state index in [1.54, 1.807) is 0 Å². The Kier molecular flexibility index (Phi) is 2.24. The van der Waals surface area contributed by atoms with Crippen LogP contribution in [0.5, 0.6) is 0 Å². The van der Waals surface area contributed by atoms with Gasteiger partial charge in [-0.1, -0.05) is 0 Å². The lowest BCUT2D eigenvalue weighted by Crippen LogP contribution is -1.84. The molecule has 1 aromatic carbocycles. The predicted octanol–water partition coefficient (Wildman–Crippen LogP) is 1.72. The second kappa shape index (κ2) is 3.00. The number of hydrogen-bond acceptors (Lipinski definition) is 2. The predicted molar refractivity (Wildman–Crippen MR) is 39.8 cm³/mol. The summed E-state index contributed by atoms with van der Waals surface area (Å²) in [5.74, 6) is 1.65. The van der Waals surface area contributed by atoms with Crippen LogP contribution in [0.15, 0.2) is 23.1 Å². The van der Waals surface area contributed by atoms with E-state index < -0.39 is 22.0 Å². The summed E-state index contributed by atoms with van der Waals surface area (Å²) in [5.41, 5.74) is 0. The standard InChI is InChI=1S/C7H5F2OS/c1-11(10)7-3-5(8)2-6(9)4-7/h2-4H,1H2/q-1. The Morgan fingerprint density at radius 1 is 1.18 bits per heavy atom. The molecule has 0 saturated heterocycles. The van der Waals surface area contributed by atoms with Gasteiger partial charge in [0, 0.05) is 6.07 Å². The van der Waals surface area contributed by atoms with Crippen molar-refractivity contribution >= 4 is 16.3 Å². The molecule has 1 rings (SSSR count). The lowest BCUT2D eigenvalue weighted by Gasteiger charge is -2.02. The molecule has 0 amide bonds. The van der Waals surface area contributed by atoms with Crippen molar-refractivity contribution in [1.29, 1.82) is 0 Å². The van der Waals surface area contributed by atoms with Gasteiger partial charge in [-0.25, -0.2) is 8.78 Å². The van der Waals surface area contributed by atoms with E-state index in [9.17, 15) is 13.0 Å². The Bertz CT molecular complexity index is 316. The van der Waals surface area contributed by atoms with E-state index in [0.717, 1.165) is 18.2 Å². The lowest BCUT2D eigenvalue weighted by molar-refractivity contribution is 0.573. The monoisotopic (exact) mass is 175 g/mol. The zero-order chi connectivity index (χ0) is 8.43. The summed E-state index contributed by atoms with van der Waals surface area (Å²) in [6.45, 7) is 0. The molecular weight excluding hydrogens is 170 g/mol. The number of rotatable bonds is 1. The highest BCUT2D eigenvalue weighted by Crippen LogP contribution is 2.08. The first-order valence-electron chi connectivity index (χ1n) is 2.77. The first kappa shape index (κ1) is 8.20. The SMILES string of the molecule is C=[S-](=O)c1cc(F)cc(F)c1. The van der Waals surface area contributed by atoms with Crippen LogP contribution in [-0.2, 0) is 14.6 Å². The first-order chi connectivity index (χ1) is 5.09. The largest absolute Gasteiger partial charge is 0.457 e. The number of halogens is 2. The summed E-state index contributed by atoms with van der Waals surface area (Å²) in [6.07, 6.45) is 0. The summed E-state index contributed by atoms with van der Waals surface area (Å²) in [7, 11) is -1.58. The van der Waals surface area contributed by atoms with Crippen molar-refractivity contribution in [2.75, 3.05) is 0 Å². The lowest BCUT2D eigenvalue weighted by atomic mass is 10.3. The van der Waals surface area contributed by atoms with Crippen molar-refractivity contribution in [2.24, 2.45) is 0 Å². The van der Waals surface area contributed by atoms with Gasteiger partial charge >= 0.3 is 0 Å². The van der Waals surface area contributed by atoms with Crippen LogP contribution in [0.2, 0.25) is 0 Å². The number of benzene rings is 1. The molecule has 1 aromatic rings. The highest BCUT2D eigenvalue weighted by Gasteiger charge is 1.93. The van der Waals surface area contributed by atoms with Crippen LogP contribution in [0, 0.1) is 11.6 Å². The minimum absolute atomic E-state index is 0.0579. The summed E-state index contributed by atoms with van der Waals surface area (Å²) < 4.78 is 35.4. The average Bonchev–Trinajstić information content (AvgIpc) is 1.85. The fourth-order valence-electron chi connectivity index (χ4n) is 0.660. The molecule has 0 aromatic heterocycles. The van der Waals surface area contributed by atoms with Crippen LogP contribution >= 0.6 is 0 Å². The van der Waals surface area contributed by atoms with Crippen molar-refractivity contribution in [1.82, 2.24) is 0 Å². The quantitative estimate of drug-likeness (QED) is 0.469. The van der Waals surface area contributed by atoms with Crippen LogP contribution < -0.4 is 0 Å². The molecule has 4 heteroatoms. The summed E-state index contributed by atoms with van der Waals surface area (Å²) in [6, 6.07) is 2.70. The smallest absolute Gasteiger partial charge is 0.124 e. The molecule has 0 aliphatic rings. The van der Waals surface area contributed by atoms with Gasteiger partial charge in [-0.3, -0.25) is 10.4 Å².